The summed E-state index contributed by atoms with van der Waals surface area (Å²) in [6.45, 7) is 17.2. The number of piperidine rings is 3. The van der Waals surface area contributed by atoms with Gasteiger partial charge in [-0.25, -0.2) is 15.0 Å². The number of carbonyl (C=O) groups excluding carboxylic acids is 3. The molecule has 3 N–H and O–H groups in total. The normalized spacial score (nSPS) is 25.8. The van der Waals surface area contributed by atoms with Crippen LogP contribution in [0.2, 0.25) is 0 Å². The predicted octanol–water partition coefficient (Wildman–Crippen LogP) is 6.29. The van der Waals surface area contributed by atoms with Crippen molar-refractivity contribution >= 4 is 84.9 Å². The SMILES string of the molecule is C=CC(=O)N1CC2C(C1)C2Cn1cc(Nc2cn(C)nc2OC)c2ncn(C34CC(C3)C4)c2c1=O.C=CC(=O)N1CC2C(C1)C2Cn1cc(Nc2cn(C)nc2OC)c2ncn(C3CC3)c2c1=O.C=CC(=O)N1CC2C(C1)C2Cn1cc(Nc2cn(C)nc2OC)c2ncn(C3CCC3)c2c1=O. The van der Waals surface area contributed by atoms with Gasteiger partial charge in [-0.15, -0.1) is 15.3 Å². The number of methoxy groups -OCH3 is 3. The number of aryl methyl sites for hydroxylation is 3. The molecule has 11 aliphatic rings. The number of imidazole rings is 3. The van der Waals surface area contributed by atoms with Crippen molar-refractivity contribution < 1.29 is 28.6 Å². The molecule has 8 aliphatic carbocycles. The molecule has 30 nitrogen and oxygen atoms in total. The number of likely N-dealkylation sites (tertiary alicyclic amines) is 3. The van der Waals surface area contributed by atoms with Gasteiger partial charge in [0.2, 0.25) is 17.7 Å². The summed E-state index contributed by atoms with van der Waals surface area (Å²) >= 11 is 0. The highest BCUT2D eigenvalue weighted by molar-refractivity contribution is 5.93. The molecule has 8 saturated carbocycles. The number of hydrogen-bond acceptors (Lipinski definition) is 18. The lowest BCUT2D eigenvalue weighted by Gasteiger charge is -2.62. The Labute approximate surface area is 585 Å². The molecule has 3 aliphatic heterocycles. The summed E-state index contributed by atoms with van der Waals surface area (Å²) in [5.41, 5.74) is 8.45. The van der Waals surface area contributed by atoms with Crippen molar-refractivity contribution in [3.8, 4) is 17.6 Å². The predicted molar refractivity (Wildman–Crippen MR) is 379 cm³/mol. The summed E-state index contributed by atoms with van der Waals surface area (Å²) < 4.78 is 33.0. The Morgan fingerprint density at radius 2 is 0.794 bits per heavy atom. The minimum absolute atomic E-state index is 0.00565. The fourth-order valence-electron chi connectivity index (χ4n) is 17.8. The van der Waals surface area contributed by atoms with E-state index in [9.17, 15) is 28.8 Å². The van der Waals surface area contributed by atoms with Gasteiger partial charge in [-0.05, 0) is 129 Å². The highest BCUT2D eigenvalue weighted by atomic mass is 16.5. The van der Waals surface area contributed by atoms with Gasteiger partial charge in [0.1, 0.15) is 50.2 Å². The van der Waals surface area contributed by atoms with Crippen molar-refractivity contribution in [3.05, 3.63) is 125 Å². The van der Waals surface area contributed by atoms with Crippen LogP contribution in [0.15, 0.2) is 109 Å². The minimum Gasteiger partial charge on any atom is -0.478 e. The molecule has 0 spiro atoms. The third-order valence-electron chi connectivity index (χ3n) is 23.9. The summed E-state index contributed by atoms with van der Waals surface area (Å²) in [7, 11) is 10.3. The number of aromatic nitrogens is 15. The van der Waals surface area contributed by atoms with Crippen molar-refractivity contribution in [2.45, 2.75) is 88.6 Å². The Balaban J connectivity index is 0.000000114. The molecule has 532 valence electrons. The lowest BCUT2D eigenvalue weighted by atomic mass is 9.49. The average molecular weight is 1390 g/mol. The van der Waals surface area contributed by atoms with Gasteiger partial charge in [0.05, 0.1) is 76.0 Å². The minimum atomic E-state index is -0.0119. The standard InChI is InChI=1S/C25H29N7O3.C24H29N7O3.C23H27N7O3/c1-4-20(33)30-8-15-16(9-30)17(15)10-31-12-18(27-19-11-29(2)28-23(19)35-3)21-22(24(31)34)32(13-26-21)25-5-14(6-25)7-25;1-4-20(32)29-8-15-16(9-29)17(15)10-30-12-18(26-19-11-28(2)27-23(19)34-3)21-22(24(30)33)31(13-25-21)14-6-5-7-14;1-4-19(31)28-7-14-15(8-28)16(14)9-29-11-17(25-18-10-27(2)26-22(18)33-3)20-21(23(29)32)30(12-24-20)13-5-6-13/h4,11-17,27H,1,5-10H2,2-3H3;4,11-17,26H,1,5-10H2,2-3H3;4,10-16,25H,1,5-9H2,2-3H3. The molecule has 0 aromatic carbocycles. The Morgan fingerprint density at radius 3 is 1.09 bits per heavy atom. The van der Waals surface area contributed by atoms with Gasteiger partial charge < -0.3 is 72.3 Å². The van der Waals surface area contributed by atoms with Crippen LogP contribution in [0.5, 0.6) is 17.6 Å². The molecular weight excluding hydrogens is 1300 g/mol. The number of pyridine rings is 3. The summed E-state index contributed by atoms with van der Waals surface area (Å²) in [6.07, 6.45) is 29.6. The van der Waals surface area contributed by atoms with Crippen LogP contribution in [0.25, 0.3) is 33.1 Å². The van der Waals surface area contributed by atoms with Crippen LogP contribution < -0.4 is 46.8 Å². The largest absolute Gasteiger partial charge is 0.478 e. The molecule has 20 rings (SSSR count). The lowest BCUT2D eigenvalue weighted by Crippen LogP contribution is -2.59. The quantitative estimate of drug-likeness (QED) is 0.0666. The second kappa shape index (κ2) is 24.6. The number of anilines is 6. The van der Waals surface area contributed by atoms with E-state index in [1.54, 1.807) is 48.0 Å². The van der Waals surface area contributed by atoms with Crippen molar-refractivity contribution in [3.63, 3.8) is 0 Å². The van der Waals surface area contributed by atoms with Gasteiger partial charge in [-0.2, -0.15) is 0 Å². The maximum atomic E-state index is 13.8. The zero-order valence-corrected chi connectivity index (χ0v) is 58.2. The van der Waals surface area contributed by atoms with E-state index >= 15 is 0 Å². The van der Waals surface area contributed by atoms with Crippen LogP contribution in [0, 0.1) is 59.2 Å². The molecule has 6 unspecified atom stereocenters. The van der Waals surface area contributed by atoms with Crippen LogP contribution in [0.3, 0.4) is 0 Å². The smallest absolute Gasteiger partial charge is 0.276 e. The van der Waals surface area contributed by atoms with Crippen LogP contribution in [-0.4, -0.2) is 165 Å². The molecule has 9 aromatic rings. The summed E-state index contributed by atoms with van der Waals surface area (Å²) in [6, 6.07) is 0.672. The van der Waals surface area contributed by atoms with Gasteiger partial charge in [0, 0.05) is 116 Å². The summed E-state index contributed by atoms with van der Waals surface area (Å²) in [5, 5.41) is 23.2. The van der Waals surface area contributed by atoms with E-state index in [4.69, 9.17) is 19.2 Å². The lowest BCUT2D eigenvalue weighted by molar-refractivity contribution is -0.126. The molecule has 12 heterocycles. The molecule has 11 fully saturated rings. The zero-order chi connectivity index (χ0) is 70.5. The maximum absolute atomic E-state index is 13.8. The van der Waals surface area contributed by atoms with E-state index in [-0.39, 0.29) is 39.9 Å². The van der Waals surface area contributed by atoms with Crippen LogP contribution in [-0.2, 0) is 60.7 Å². The Kier molecular flexibility index (Phi) is 15.6. The van der Waals surface area contributed by atoms with E-state index < -0.39 is 0 Å². The first-order valence-electron chi connectivity index (χ1n) is 35.5. The fourth-order valence-corrected chi connectivity index (χ4v) is 17.8. The fraction of sp³-hybridized carbons (Fsp3) is 0.500. The molecule has 6 atom stereocenters. The van der Waals surface area contributed by atoms with Crippen LogP contribution in [0.4, 0.5) is 34.1 Å². The van der Waals surface area contributed by atoms with Gasteiger partial charge in [0.25, 0.3) is 34.3 Å². The van der Waals surface area contributed by atoms with Crippen molar-refractivity contribution in [1.29, 1.82) is 0 Å². The maximum Gasteiger partial charge on any atom is 0.276 e. The number of nitrogens with one attached hydrogen (secondary N) is 3. The second-order valence-corrected chi connectivity index (χ2v) is 29.9. The van der Waals surface area contributed by atoms with Gasteiger partial charge >= 0.3 is 0 Å². The molecule has 2 bridgehead atoms. The molecule has 102 heavy (non-hydrogen) atoms. The third kappa shape index (κ3) is 10.9. The molecule has 0 radical (unpaired) electrons. The number of ether oxygens (including phenoxy) is 3. The molecule has 3 saturated heterocycles. The van der Waals surface area contributed by atoms with E-state index in [0.29, 0.717) is 141 Å². The first-order valence-corrected chi connectivity index (χ1v) is 35.5. The molecular formula is C72H85N21O9. The van der Waals surface area contributed by atoms with E-state index in [1.165, 1.54) is 24.6 Å². The van der Waals surface area contributed by atoms with E-state index in [2.05, 4.69) is 70.1 Å². The number of hydrogen-bond donors (Lipinski definition) is 3. The summed E-state index contributed by atoms with van der Waals surface area (Å²) in [5.74, 6) is 6.06. The first kappa shape index (κ1) is 64.7. The van der Waals surface area contributed by atoms with E-state index in [1.807, 2.05) is 97.6 Å². The topological polar surface area (TPSA) is 298 Å². The molecule has 3 amide bonds. The first-order chi connectivity index (χ1) is 49.4. The Morgan fingerprint density at radius 1 is 0.471 bits per heavy atom. The number of rotatable bonds is 21. The highest BCUT2D eigenvalue weighted by Crippen LogP contribution is 2.63. The van der Waals surface area contributed by atoms with Crippen LogP contribution in [0.1, 0.15) is 63.5 Å². The Bertz CT molecular complexity index is 5070. The zero-order valence-electron chi connectivity index (χ0n) is 58.2. The van der Waals surface area contributed by atoms with Crippen molar-refractivity contribution in [2.24, 2.45) is 80.3 Å². The molecule has 9 aromatic heterocycles. The van der Waals surface area contributed by atoms with Crippen molar-refractivity contribution in [1.82, 2.24) is 86.4 Å². The highest BCUT2D eigenvalue weighted by Gasteiger charge is 2.60. The summed E-state index contributed by atoms with van der Waals surface area (Å²) in [4.78, 5) is 96.3. The number of fused-ring (bicyclic) bond motifs is 6. The number of nitrogens with zero attached hydrogens (tertiary/aromatic N) is 18. The third-order valence-corrected chi connectivity index (χ3v) is 23.9. The number of amides is 3. The van der Waals surface area contributed by atoms with Gasteiger partial charge in [-0.3, -0.25) is 42.8 Å². The molecule has 30 heteroatoms. The van der Waals surface area contributed by atoms with Crippen molar-refractivity contribution in [2.75, 3.05) is 76.5 Å². The Hall–Kier alpha value is -10.7. The monoisotopic (exact) mass is 1390 g/mol. The van der Waals surface area contributed by atoms with Crippen LogP contribution >= 0.6 is 0 Å². The number of carbonyl (C=O) groups is 3. The van der Waals surface area contributed by atoms with E-state index in [0.717, 1.165) is 119 Å². The average Bonchev–Trinajstić information content (AvgIpc) is 1.10. The second-order valence-electron chi connectivity index (χ2n) is 29.9. The van der Waals surface area contributed by atoms with Gasteiger partial charge in [0.15, 0.2) is 0 Å². The van der Waals surface area contributed by atoms with Gasteiger partial charge in [-0.1, -0.05) is 19.7 Å².